The number of aliphatic carboxylic acids is 1. The predicted octanol–water partition coefficient (Wildman–Crippen LogP) is 0.560. The number of H-pyrrole nitrogens is 1. The van der Waals surface area contributed by atoms with Crippen LogP contribution < -0.4 is 4.72 Å². The van der Waals surface area contributed by atoms with E-state index >= 15 is 0 Å². The van der Waals surface area contributed by atoms with Crippen LogP contribution in [0.4, 0.5) is 0 Å². The maximum absolute atomic E-state index is 11.8. The molecule has 0 aliphatic carbocycles. The number of rotatable bonds is 6. The first-order valence-corrected chi connectivity index (χ1v) is 7.73. The lowest BCUT2D eigenvalue weighted by molar-refractivity contribution is -0.138. The first kappa shape index (κ1) is 15.5. The number of hydrogen-bond acceptors (Lipinski definition) is 3. The maximum atomic E-state index is 11.8. The number of carboxylic acid groups (broad SMARTS) is 1. The van der Waals surface area contributed by atoms with Crippen molar-refractivity contribution < 1.29 is 18.3 Å². The van der Waals surface area contributed by atoms with Crippen LogP contribution in [0.15, 0.2) is 30.5 Å². The summed E-state index contributed by atoms with van der Waals surface area (Å²) in [7, 11) is -1.13. The molecule has 1 aromatic heterocycles. The standard InChI is InChI=1S/C13H17N3O4S/c1-16(2)21(19,20)15-12(13(17)18)7-9-8-14-11-6-4-3-5-10(9)11/h3-6,8,12,14-15H,7H2,1-2H3,(H,17,18)/t12-/m1/s1. The fourth-order valence-corrected chi connectivity index (χ4v) is 2.74. The van der Waals surface area contributed by atoms with Crippen LogP contribution in [0.25, 0.3) is 10.9 Å². The molecular weight excluding hydrogens is 294 g/mol. The van der Waals surface area contributed by atoms with Gasteiger partial charge >= 0.3 is 5.97 Å². The smallest absolute Gasteiger partial charge is 0.322 e. The van der Waals surface area contributed by atoms with E-state index in [1.54, 1.807) is 6.20 Å². The molecule has 0 fully saturated rings. The molecule has 0 unspecified atom stereocenters. The zero-order chi connectivity index (χ0) is 15.6. The molecule has 2 aromatic rings. The summed E-state index contributed by atoms with van der Waals surface area (Å²) in [5.74, 6) is -1.22. The first-order chi connectivity index (χ1) is 9.81. The normalized spacial score (nSPS) is 13.7. The van der Waals surface area contributed by atoms with Crippen molar-refractivity contribution >= 4 is 27.1 Å². The van der Waals surface area contributed by atoms with Gasteiger partial charge in [-0.2, -0.15) is 17.4 Å². The zero-order valence-corrected chi connectivity index (χ0v) is 12.5. The van der Waals surface area contributed by atoms with E-state index in [4.69, 9.17) is 0 Å². The molecule has 0 aliphatic rings. The van der Waals surface area contributed by atoms with Crippen LogP contribution in [0.2, 0.25) is 0 Å². The number of para-hydroxylation sites is 1. The van der Waals surface area contributed by atoms with E-state index in [0.717, 1.165) is 20.8 Å². The highest BCUT2D eigenvalue weighted by atomic mass is 32.2. The van der Waals surface area contributed by atoms with Gasteiger partial charge in [-0.1, -0.05) is 18.2 Å². The number of hydrogen-bond donors (Lipinski definition) is 3. The van der Waals surface area contributed by atoms with Crippen LogP contribution in [0.3, 0.4) is 0 Å². The number of carboxylic acids is 1. The Morgan fingerprint density at radius 2 is 2.05 bits per heavy atom. The van der Waals surface area contributed by atoms with Crippen LogP contribution in [0.1, 0.15) is 5.56 Å². The molecule has 0 bridgehead atoms. The van der Waals surface area contributed by atoms with E-state index in [1.807, 2.05) is 24.3 Å². The average Bonchev–Trinajstić information content (AvgIpc) is 2.81. The molecule has 3 N–H and O–H groups in total. The minimum Gasteiger partial charge on any atom is -0.480 e. The average molecular weight is 311 g/mol. The number of aromatic nitrogens is 1. The topological polar surface area (TPSA) is 103 Å². The lowest BCUT2D eigenvalue weighted by atomic mass is 10.1. The minimum absolute atomic E-state index is 0.0619. The van der Waals surface area contributed by atoms with Gasteiger partial charge < -0.3 is 10.1 Å². The molecule has 21 heavy (non-hydrogen) atoms. The van der Waals surface area contributed by atoms with Gasteiger partial charge in [-0.05, 0) is 11.6 Å². The lowest BCUT2D eigenvalue weighted by Crippen LogP contribution is -2.47. The Balaban J connectivity index is 2.27. The monoisotopic (exact) mass is 311 g/mol. The van der Waals surface area contributed by atoms with Gasteiger partial charge in [0.25, 0.3) is 10.2 Å². The molecule has 0 aliphatic heterocycles. The lowest BCUT2D eigenvalue weighted by Gasteiger charge is -2.17. The molecule has 0 spiro atoms. The summed E-state index contributed by atoms with van der Waals surface area (Å²) in [5.41, 5.74) is 1.63. The number of fused-ring (bicyclic) bond motifs is 1. The highest BCUT2D eigenvalue weighted by Crippen LogP contribution is 2.19. The van der Waals surface area contributed by atoms with Crippen molar-refractivity contribution in [3.63, 3.8) is 0 Å². The highest BCUT2D eigenvalue weighted by molar-refractivity contribution is 7.87. The third-order valence-corrected chi connectivity index (χ3v) is 4.71. The van der Waals surface area contributed by atoms with E-state index in [2.05, 4.69) is 9.71 Å². The SMILES string of the molecule is CN(C)S(=O)(=O)N[C@H](Cc1c[nH]c2ccccc12)C(=O)O. The summed E-state index contributed by atoms with van der Waals surface area (Å²) in [6.07, 6.45) is 1.76. The van der Waals surface area contributed by atoms with Crippen molar-refractivity contribution in [2.75, 3.05) is 14.1 Å². The molecule has 0 radical (unpaired) electrons. The molecule has 0 saturated carbocycles. The summed E-state index contributed by atoms with van der Waals surface area (Å²) < 4.78 is 26.7. The van der Waals surface area contributed by atoms with Crippen LogP contribution in [0, 0.1) is 0 Å². The number of carbonyl (C=O) groups is 1. The van der Waals surface area contributed by atoms with Crippen molar-refractivity contribution in [3.8, 4) is 0 Å². The van der Waals surface area contributed by atoms with Crippen molar-refractivity contribution in [1.29, 1.82) is 0 Å². The molecule has 1 aromatic carbocycles. The van der Waals surface area contributed by atoms with Gasteiger partial charge in [-0.3, -0.25) is 4.79 Å². The van der Waals surface area contributed by atoms with Crippen molar-refractivity contribution in [2.45, 2.75) is 12.5 Å². The highest BCUT2D eigenvalue weighted by Gasteiger charge is 2.26. The largest absolute Gasteiger partial charge is 0.480 e. The number of nitrogens with one attached hydrogen (secondary N) is 2. The fraction of sp³-hybridized carbons (Fsp3) is 0.308. The van der Waals surface area contributed by atoms with Gasteiger partial charge in [0.05, 0.1) is 0 Å². The van der Waals surface area contributed by atoms with Crippen molar-refractivity contribution in [2.24, 2.45) is 0 Å². The molecule has 1 atom stereocenters. The number of nitrogens with zero attached hydrogens (tertiary/aromatic N) is 1. The minimum atomic E-state index is -3.81. The van der Waals surface area contributed by atoms with E-state index in [-0.39, 0.29) is 6.42 Å². The number of benzene rings is 1. The molecule has 8 heteroatoms. The second kappa shape index (κ2) is 5.84. The van der Waals surface area contributed by atoms with Crippen LogP contribution in [0.5, 0.6) is 0 Å². The molecule has 0 saturated heterocycles. The summed E-state index contributed by atoms with van der Waals surface area (Å²) in [6, 6.07) is 6.22. The van der Waals surface area contributed by atoms with Crippen molar-refractivity contribution in [3.05, 3.63) is 36.0 Å². The van der Waals surface area contributed by atoms with E-state index in [1.165, 1.54) is 14.1 Å². The molecule has 114 valence electrons. The number of aromatic amines is 1. The Bertz CT molecular complexity index is 752. The van der Waals surface area contributed by atoms with E-state index in [9.17, 15) is 18.3 Å². The predicted molar refractivity (Wildman–Crippen MR) is 79.2 cm³/mol. The van der Waals surface area contributed by atoms with Gasteiger partial charge in [-0.25, -0.2) is 0 Å². The Hall–Kier alpha value is -1.90. The summed E-state index contributed by atoms with van der Waals surface area (Å²) in [4.78, 5) is 14.3. The van der Waals surface area contributed by atoms with Gasteiger partial charge in [-0.15, -0.1) is 0 Å². The Labute approximate surface area is 122 Å². The van der Waals surface area contributed by atoms with Crippen LogP contribution >= 0.6 is 0 Å². The Morgan fingerprint density at radius 3 is 2.67 bits per heavy atom. The second-order valence-corrected chi connectivity index (χ2v) is 6.78. The molecule has 0 amide bonds. The molecule has 2 rings (SSSR count). The summed E-state index contributed by atoms with van der Waals surface area (Å²) in [6.45, 7) is 0. The third-order valence-electron chi connectivity index (χ3n) is 3.17. The third kappa shape index (κ3) is 3.41. The summed E-state index contributed by atoms with van der Waals surface area (Å²) >= 11 is 0. The Morgan fingerprint density at radius 1 is 1.38 bits per heavy atom. The summed E-state index contributed by atoms with van der Waals surface area (Å²) in [5, 5.41) is 10.1. The van der Waals surface area contributed by atoms with Gasteiger partial charge in [0, 0.05) is 37.6 Å². The molecule has 1 heterocycles. The van der Waals surface area contributed by atoms with Gasteiger partial charge in [0.2, 0.25) is 0 Å². The first-order valence-electron chi connectivity index (χ1n) is 6.29. The molecule has 7 nitrogen and oxygen atoms in total. The van der Waals surface area contributed by atoms with E-state index in [0.29, 0.717) is 0 Å². The van der Waals surface area contributed by atoms with Crippen LogP contribution in [-0.2, 0) is 21.4 Å². The Kier molecular flexibility index (Phi) is 4.31. The van der Waals surface area contributed by atoms with Crippen LogP contribution in [-0.4, -0.2) is 48.9 Å². The van der Waals surface area contributed by atoms with Crippen molar-refractivity contribution in [1.82, 2.24) is 14.0 Å². The fourth-order valence-electron chi connectivity index (χ4n) is 1.98. The van der Waals surface area contributed by atoms with E-state index < -0.39 is 22.2 Å². The molecular formula is C13H17N3O4S. The second-order valence-electron chi connectivity index (χ2n) is 4.86. The van der Waals surface area contributed by atoms with Gasteiger partial charge in [0.1, 0.15) is 6.04 Å². The zero-order valence-electron chi connectivity index (χ0n) is 11.7. The maximum Gasteiger partial charge on any atom is 0.322 e. The van der Waals surface area contributed by atoms with Gasteiger partial charge in [0.15, 0.2) is 0 Å². The quantitative estimate of drug-likeness (QED) is 0.725.